The van der Waals surface area contributed by atoms with E-state index >= 15 is 0 Å². The molecule has 2 unspecified atom stereocenters. The van der Waals surface area contributed by atoms with Crippen molar-refractivity contribution >= 4 is 5.91 Å². The molecule has 0 saturated carbocycles. The number of nitrogens with zero attached hydrogens (tertiary/aromatic N) is 2. The van der Waals surface area contributed by atoms with Crippen LogP contribution in [-0.4, -0.2) is 60.1 Å². The zero-order chi connectivity index (χ0) is 14.9. The second kappa shape index (κ2) is 5.94. The Bertz CT molecular complexity index is 499. The molecule has 4 heteroatoms. The standard InChI is InChI=1S/C16H24N2O2/c1-11-5-6-15(12(2)7-11)16(20)18-10-14(19)8-13(18)9-17(3)4/h5-7,13-14,19H,8-10H2,1-4H3. The molecule has 1 N–H and O–H groups in total. The average Bonchev–Trinajstić information content (AvgIpc) is 2.68. The molecule has 2 atom stereocenters. The molecule has 0 spiro atoms. The minimum absolute atomic E-state index is 0.0332. The molecule has 110 valence electrons. The monoisotopic (exact) mass is 276 g/mol. The Morgan fingerprint density at radius 3 is 2.70 bits per heavy atom. The predicted molar refractivity (Wildman–Crippen MR) is 79.9 cm³/mol. The van der Waals surface area contributed by atoms with E-state index in [-0.39, 0.29) is 11.9 Å². The number of β-amino-alcohol motifs (C(OH)–C–C–N with tert-alkyl or cyclic N) is 1. The molecule has 1 saturated heterocycles. The Labute approximate surface area is 121 Å². The van der Waals surface area contributed by atoms with Gasteiger partial charge in [0, 0.05) is 24.7 Å². The van der Waals surface area contributed by atoms with E-state index < -0.39 is 6.10 Å². The van der Waals surface area contributed by atoms with Crippen molar-refractivity contribution in [1.82, 2.24) is 9.80 Å². The SMILES string of the molecule is Cc1ccc(C(=O)N2CC(O)CC2CN(C)C)c(C)c1. The number of aliphatic hydroxyl groups is 1. The van der Waals surface area contributed by atoms with Crippen molar-refractivity contribution in [2.75, 3.05) is 27.2 Å². The molecule has 4 nitrogen and oxygen atoms in total. The van der Waals surface area contributed by atoms with Crippen LogP contribution < -0.4 is 0 Å². The topological polar surface area (TPSA) is 43.8 Å². The fourth-order valence-electron chi connectivity index (χ4n) is 2.94. The predicted octanol–water partition coefficient (Wildman–Crippen LogP) is 1.44. The molecule has 0 aromatic heterocycles. The van der Waals surface area contributed by atoms with Gasteiger partial charge >= 0.3 is 0 Å². The number of carbonyl (C=O) groups is 1. The van der Waals surface area contributed by atoms with Crippen LogP contribution >= 0.6 is 0 Å². The summed E-state index contributed by atoms with van der Waals surface area (Å²) in [5.41, 5.74) is 2.90. The van der Waals surface area contributed by atoms with Gasteiger partial charge in [0.05, 0.1) is 6.10 Å². The summed E-state index contributed by atoms with van der Waals surface area (Å²) >= 11 is 0. The minimum Gasteiger partial charge on any atom is -0.391 e. The summed E-state index contributed by atoms with van der Waals surface area (Å²) < 4.78 is 0. The molecule has 0 bridgehead atoms. The molecule has 20 heavy (non-hydrogen) atoms. The molecular formula is C16H24N2O2. The second-order valence-electron chi connectivity index (χ2n) is 6.08. The summed E-state index contributed by atoms with van der Waals surface area (Å²) in [6.07, 6.45) is 0.254. The zero-order valence-corrected chi connectivity index (χ0v) is 12.8. The van der Waals surface area contributed by atoms with Gasteiger partial charge in [-0.25, -0.2) is 0 Å². The first-order valence-corrected chi connectivity index (χ1v) is 7.09. The molecule has 2 rings (SSSR count). The van der Waals surface area contributed by atoms with Crippen LogP contribution in [-0.2, 0) is 0 Å². The van der Waals surface area contributed by atoms with E-state index in [1.807, 2.05) is 51.0 Å². The van der Waals surface area contributed by atoms with E-state index in [0.29, 0.717) is 13.0 Å². The lowest BCUT2D eigenvalue weighted by molar-refractivity contribution is 0.0698. The lowest BCUT2D eigenvalue weighted by Gasteiger charge is -2.27. The number of carbonyl (C=O) groups excluding carboxylic acids is 1. The van der Waals surface area contributed by atoms with E-state index in [0.717, 1.165) is 23.2 Å². The van der Waals surface area contributed by atoms with Gasteiger partial charge in [0.2, 0.25) is 0 Å². The fraction of sp³-hybridized carbons (Fsp3) is 0.562. The molecule has 1 aromatic rings. The van der Waals surface area contributed by atoms with E-state index in [2.05, 4.69) is 4.90 Å². The van der Waals surface area contributed by atoms with Crippen LogP contribution in [0.1, 0.15) is 27.9 Å². The maximum Gasteiger partial charge on any atom is 0.254 e. The van der Waals surface area contributed by atoms with Crippen molar-refractivity contribution in [2.24, 2.45) is 0 Å². The molecule has 1 aliphatic heterocycles. The van der Waals surface area contributed by atoms with E-state index in [4.69, 9.17) is 0 Å². The second-order valence-corrected chi connectivity index (χ2v) is 6.08. The lowest BCUT2D eigenvalue weighted by Crippen LogP contribution is -2.41. The van der Waals surface area contributed by atoms with Crippen LogP contribution in [0.3, 0.4) is 0 Å². The average molecular weight is 276 g/mol. The van der Waals surface area contributed by atoms with Gasteiger partial charge in [-0.2, -0.15) is 0 Å². The largest absolute Gasteiger partial charge is 0.391 e. The van der Waals surface area contributed by atoms with Crippen LogP contribution in [0, 0.1) is 13.8 Å². The maximum atomic E-state index is 12.7. The van der Waals surface area contributed by atoms with E-state index in [1.165, 1.54) is 0 Å². The summed E-state index contributed by atoms with van der Waals surface area (Å²) in [6.45, 7) is 5.21. The summed E-state index contributed by atoms with van der Waals surface area (Å²) in [6, 6.07) is 5.98. The summed E-state index contributed by atoms with van der Waals surface area (Å²) in [5.74, 6) is 0.0332. The molecule has 1 fully saturated rings. The van der Waals surface area contributed by atoms with Crippen LogP contribution in [0.4, 0.5) is 0 Å². The van der Waals surface area contributed by atoms with E-state index in [9.17, 15) is 9.90 Å². The number of likely N-dealkylation sites (tertiary alicyclic amines) is 1. The summed E-state index contributed by atoms with van der Waals surface area (Å²) in [4.78, 5) is 16.6. The molecule has 0 radical (unpaired) electrons. The van der Waals surface area contributed by atoms with Gasteiger partial charge in [-0.15, -0.1) is 0 Å². The third-order valence-corrected chi connectivity index (χ3v) is 3.84. The fourth-order valence-corrected chi connectivity index (χ4v) is 2.94. The number of aryl methyl sites for hydroxylation is 2. The Kier molecular flexibility index (Phi) is 4.45. The highest BCUT2D eigenvalue weighted by Crippen LogP contribution is 2.23. The molecule has 1 amide bonds. The van der Waals surface area contributed by atoms with Gasteiger partial charge < -0.3 is 14.9 Å². The van der Waals surface area contributed by atoms with Gasteiger partial charge in [0.1, 0.15) is 0 Å². The number of amides is 1. The first-order chi connectivity index (χ1) is 9.38. The Balaban J connectivity index is 2.22. The number of hydrogen-bond donors (Lipinski definition) is 1. The molecular weight excluding hydrogens is 252 g/mol. The van der Waals surface area contributed by atoms with Gasteiger partial charge in [-0.1, -0.05) is 17.7 Å². The third-order valence-electron chi connectivity index (χ3n) is 3.84. The molecule has 1 aliphatic rings. The molecule has 0 aliphatic carbocycles. The van der Waals surface area contributed by atoms with Crippen molar-refractivity contribution in [2.45, 2.75) is 32.4 Å². The molecule has 1 heterocycles. The van der Waals surface area contributed by atoms with Crippen molar-refractivity contribution in [3.63, 3.8) is 0 Å². The number of rotatable bonds is 3. The third kappa shape index (κ3) is 3.19. The Morgan fingerprint density at radius 2 is 2.10 bits per heavy atom. The molecule has 1 aromatic carbocycles. The normalized spacial score (nSPS) is 22.6. The van der Waals surface area contributed by atoms with Crippen LogP contribution in [0.25, 0.3) is 0 Å². The van der Waals surface area contributed by atoms with Gasteiger partial charge in [0.15, 0.2) is 0 Å². The van der Waals surface area contributed by atoms with Gasteiger partial charge in [0.25, 0.3) is 5.91 Å². The van der Waals surface area contributed by atoms with Crippen molar-refractivity contribution in [1.29, 1.82) is 0 Å². The number of likely N-dealkylation sites (N-methyl/N-ethyl adjacent to an activating group) is 1. The first kappa shape index (κ1) is 15.0. The lowest BCUT2D eigenvalue weighted by atomic mass is 10.0. The number of hydrogen-bond acceptors (Lipinski definition) is 3. The van der Waals surface area contributed by atoms with Crippen molar-refractivity contribution < 1.29 is 9.90 Å². The smallest absolute Gasteiger partial charge is 0.254 e. The Morgan fingerprint density at radius 1 is 1.40 bits per heavy atom. The first-order valence-electron chi connectivity index (χ1n) is 7.09. The number of benzene rings is 1. The quantitative estimate of drug-likeness (QED) is 0.908. The Hall–Kier alpha value is -1.39. The zero-order valence-electron chi connectivity index (χ0n) is 12.8. The summed E-state index contributed by atoms with van der Waals surface area (Å²) in [7, 11) is 3.98. The van der Waals surface area contributed by atoms with Gasteiger partial charge in [-0.3, -0.25) is 4.79 Å². The highest BCUT2D eigenvalue weighted by atomic mass is 16.3. The van der Waals surface area contributed by atoms with Gasteiger partial charge in [-0.05, 0) is 46.0 Å². The highest BCUT2D eigenvalue weighted by Gasteiger charge is 2.35. The van der Waals surface area contributed by atoms with Crippen LogP contribution in [0.2, 0.25) is 0 Å². The number of aliphatic hydroxyl groups excluding tert-OH is 1. The van der Waals surface area contributed by atoms with Crippen LogP contribution in [0.5, 0.6) is 0 Å². The van der Waals surface area contributed by atoms with E-state index in [1.54, 1.807) is 0 Å². The van der Waals surface area contributed by atoms with Crippen molar-refractivity contribution in [3.8, 4) is 0 Å². The summed E-state index contributed by atoms with van der Waals surface area (Å²) in [5, 5.41) is 9.88. The maximum absolute atomic E-state index is 12.7. The van der Waals surface area contributed by atoms with Crippen molar-refractivity contribution in [3.05, 3.63) is 34.9 Å². The van der Waals surface area contributed by atoms with Crippen LogP contribution in [0.15, 0.2) is 18.2 Å². The minimum atomic E-state index is -0.408. The highest BCUT2D eigenvalue weighted by molar-refractivity contribution is 5.96.